The van der Waals surface area contributed by atoms with Crippen LogP contribution < -0.4 is 9.47 Å². The Morgan fingerprint density at radius 3 is 2.47 bits per heavy atom. The lowest BCUT2D eigenvalue weighted by Gasteiger charge is -2.05. The Balaban J connectivity index is 2.29. The van der Waals surface area contributed by atoms with Crippen LogP contribution in [0.25, 0.3) is 0 Å². The lowest BCUT2D eigenvalue weighted by Crippen LogP contribution is -1.91. The first kappa shape index (κ1) is 11.3. The lowest BCUT2D eigenvalue weighted by atomic mass is 10.1. The summed E-state index contributed by atoms with van der Waals surface area (Å²) in [5.74, 6) is 8.04. The van der Waals surface area contributed by atoms with E-state index < -0.39 is 0 Å². The highest BCUT2D eigenvalue weighted by Crippen LogP contribution is 2.23. The van der Waals surface area contributed by atoms with Gasteiger partial charge in [-0.2, -0.15) is 0 Å². The summed E-state index contributed by atoms with van der Waals surface area (Å²) in [4.78, 5) is 0. The van der Waals surface area contributed by atoms with Crippen LogP contribution in [0, 0.1) is 17.8 Å². The third-order valence-electron chi connectivity index (χ3n) is 2.53. The molecule has 0 saturated carbocycles. The van der Waals surface area contributed by atoms with Crippen LogP contribution in [0.2, 0.25) is 0 Å². The van der Waals surface area contributed by atoms with Crippen molar-refractivity contribution in [3.63, 3.8) is 0 Å². The van der Waals surface area contributed by atoms with E-state index in [0.29, 0.717) is 0 Å². The van der Waals surface area contributed by atoms with Gasteiger partial charge in [0.25, 0.3) is 0 Å². The van der Waals surface area contributed by atoms with Crippen LogP contribution in [0.4, 0.5) is 0 Å². The molecule has 1 aliphatic rings. The van der Waals surface area contributed by atoms with E-state index in [1.54, 1.807) is 14.2 Å². The molecule has 2 rings (SSSR count). The zero-order valence-electron chi connectivity index (χ0n) is 9.94. The molecule has 17 heavy (non-hydrogen) atoms. The lowest BCUT2D eigenvalue weighted by molar-refractivity contribution is 0.402. The van der Waals surface area contributed by atoms with Crippen LogP contribution >= 0.6 is 0 Å². The van der Waals surface area contributed by atoms with Gasteiger partial charge in [0, 0.05) is 0 Å². The van der Waals surface area contributed by atoms with Crippen molar-refractivity contribution in [2.75, 3.05) is 14.2 Å². The van der Waals surface area contributed by atoms with Gasteiger partial charge in [0.1, 0.15) is 11.5 Å². The highest BCUT2D eigenvalue weighted by atomic mass is 16.5. The van der Waals surface area contributed by atoms with Gasteiger partial charge in [-0.25, -0.2) is 0 Å². The average Bonchev–Trinajstić information content (AvgIpc) is 2.89. The highest BCUT2D eigenvalue weighted by molar-refractivity contribution is 5.51. The molecule has 1 aromatic carbocycles. The molecule has 0 N–H and O–H groups in total. The van der Waals surface area contributed by atoms with Gasteiger partial charge >= 0.3 is 0 Å². The maximum atomic E-state index is 5.27. The second kappa shape index (κ2) is 5.27. The fourth-order valence-electron chi connectivity index (χ4n) is 1.60. The van der Waals surface area contributed by atoms with Crippen molar-refractivity contribution in [3.05, 3.63) is 48.1 Å². The normalized spacial score (nSPS) is 13.3. The maximum absolute atomic E-state index is 5.27. The molecule has 0 unspecified atom stereocenters. The van der Waals surface area contributed by atoms with Crippen LogP contribution in [0.5, 0.6) is 11.5 Å². The summed E-state index contributed by atoms with van der Waals surface area (Å²) >= 11 is 0. The van der Waals surface area contributed by atoms with Crippen molar-refractivity contribution in [2.24, 2.45) is 5.92 Å². The summed E-state index contributed by atoms with van der Waals surface area (Å²) in [7, 11) is 3.28. The predicted octanol–water partition coefficient (Wildman–Crippen LogP) is 2.80. The largest absolute Gasteiger partial charge is 0.497 e. The Labute approximate surface area is 102 Å². The minimum Gasteiger partial charge on any atom is -0.497 e. The fraction of sp³-hybridized carbons (Fsp3) is 0.200. The minimum absolute atomic E-state index is 0.200. The van der Waals surface area contributed by atoms with Crippen LogP contribution in [0.1, 0.15) is 5.56 Å². The molecule has 0 aliphatic heterocycles. The molecule has 0 amide bonds. The molecule has 0 atom stereocenters. The Hall–Kier alpha value is -2.14. The minimum atomic E-state index is 0.200. The summed E-state index contributed by atoms with van der Waals surface area (Å²) in [6.45, 7) is 0. The van der Waals surface area contributed by atoms with Crippen molar-refractivity contribution in [1.29, 1.82) is 0 Å². The topological polar surface area (TPSA) is 18.5 Å². The zero-order valence-corrected chi connectivity index (χ0v) is 9.94. The molecule has 0 spiro atoms. The molecule has 1 aliphatic carbocycles. The fourth-order valence-corrected chi connectivity index (χ4v) is 1.60. The Morgan fingerprint density at radius 1 is 1.06 bits per heavy atom. The summed E-state index contributed by atoms with van der Waals surface area (Å²) in [6, 6.07) is 5.61. The Morgan fingerprint density at radius 2 is 1.82 bits per heavy atom. The number of methoxy groups -OCH3 is 2. The van der Waals surface area contributed by atoms with E-state index in [1.165, 1.54) is 0 Å². The maximum Gasteiger partial charge on any atom is 0.134 e. The number of hydrogen-bond acceptors (Lipinski definition) is 2. The van der Waals surface area contributed by atoms with Gasteiger partial charge in [0.2, 0.25) is 0 Å². The molecular weight excluding hydrogens is 212 g/mol. The SMILES string of the molecule is COc1ccc(OC)c(C#CC2C=CC=C2)c1. The quantitative estimate of drug-likeness (QED) is 0.722. The third kappa shape index (κ3) is 2.70. The zero-order chi connectivity index (χ0) is 12.1. The van der Waals surface area contributed by atoms with E-state index in [-0.39, 0.29) is 5.92 Å². The standard InChI is InChI=1S/C15H14O2/c1-16-14-9-10-15(17-2)13(11-14)8-7-12-5-3-4-6-12/h3-6,9-12H,1-2H3. The first-order valence-electron chi connectivity index (χ1n) is 5.42. The number of ether oxygens (including phenoxy) is 2. The number of rotatable bonds is 2. The van der Waals surface area contributed by atoms with Gasteiger partial charge in [0.15, 0.2) is 0 Å². The van der Waals surface area contributed by atoms with E-state index in [4.69, 9.17) is 9.47 Å². The number of allylic oxidation sites excluding steroid dienone is 4. The molecule has 0 heterocycles. The predicted molar refractivity (Wildman–Crippen MR) is 68.2 cm³/mol. The molecule has 0 aromatic heterocycles. The van der Waals surface area contributed by atoms with Gasteiger partial charge in [-0.1, -0.05) is 36.1 Å². The van der Waals surface area contributed by atoms with Gasteiger partial charge in [-0.05, 0) is 18.2 Å². The summed E-state index contributed by atoms with van der Waals surface area (Å²) in [6.07, 6.45) is 8.11. The van der Waals surface area contributed by atoms with E-state index in [0.717, 1.165) is 17.1 Å². The van der Waals surface area contributed by atoms with Crippen molar-refractivity contribution >= 4 is 0 Å². The van der Waals surface area contributed by atoms with Crippen LogP contribution in [0.3, 0.4) is 0 Å². The molecule has 2 nitrogen and oxygen atoms in total. The number of benzene rings is 1. The van der Waals surface area contributed by atoms with Gasteiger partial charge in [-0.3, -0.25) is 0 Å². The molecule has 0 saturated heterocycles. The molecule has 86 valence electrons. The van der Waals surface area contributed by atoms with Crippen LogP contribution in [-0.4, -0.2) is 14.2 Å². The van der Waals surface area contributed by atoms with Crippen molar-refractivity contribution in [3.8, 4) is 23.3 Å². The summed E-state index contributed by atoms with van der Waals surface area (Å²) in [5.41, 5.74) is 0.848. The van der Waals surface area contributed by atoms with E-state index in [1.807, 2.05) is 30.4 Å². The van der Waals surface area contributed by atoms with Gasteiger partial charge < -0.3 is 9.47 Å². The van der Waals surface area contributed by atoms with Crippen molar-refractivity contribution < 1.29 is 9.47 Å². The number of hydrogen-bond donors (Lipinski definition) is 0. The van der Waals surface area contributed by atoms with Crippen LogP contribution in [-0.2, 0) is 0 Å². The first-order valence-corrected chi connectivity index (χ1v) is 5.42. The molecular formula is C15H14O2. The third-order valence-corrected chi connectivity index (χ3v) is 2.53. The van der Waals surface area contributed by atoms with E-state index in [9.17, 15) is 0 Å². The van der Waals surface area contributed by atoms with E-state index >= 15 is 0 Å². The van der Waals surface area contributed by atoms with E-state index in [2.05, 4.69) is 24.0 Å². The Bertz CT molecular complexity index is 503. The Kier molecular flexibility index (Phi) is 3.52. The highest BCUT2D eigenvalue weighted by Gasteiger charge is 2.03. The smallest absolute Gasteiger partial charge is 0.134 e. The molecule has 0 fully saturated rings. The van der Waals surface area contributed by atoms with Crippen LogP contribution in [0.15, 0.2) is 42.5 Å². The van der Waals surface area contributed by atoms with Gasteiger partial charge in [-0.15, -0.1) is 0 Å². The summed E-state index contributed by atoms with van der Waals surface area (Å²) < 4.78 is 10.4. The first-order chi connectivity index (χ1) is 8.33. The van der Waals surface area contributed by atoms with Gasteiger partial charge in [0.05, 0.1) is 25.7 Å². The summed E-state index contributed by atoms with van der Waals surface area (Å²) in [5, 5.41) is 0. The van der Waals surface area contributed by atoms with Crippen molar-refractivity contribution in [1.82, 2.24) is 0 Å². The molecule has 2 heteroatoms. The second-order valence-corrected chi connectivity index (χ2v) is 3.63. The molecule has 0 bridgehead atoms. The monoisotopic (exact) mass is 226 g/mol. The molecule has 1 aromatic rings. The van der Waals surface area contributed by atoms with Crippen molar-refractivity contribution in [2.45, 2.75) is 0 Å². The molecule has 0 radical (unpaired) electrons. The average molecular weight is 226 g/mol. The second-order valence-electron chi connectivity index (χ2n) is 3.63.